The molecule has 1 heterocycles. The maximum Gasteiger partial charge on any atom is 0.333 e. The maximum absolute atomic E-state index is 11.1. The van der Waals surface area contributed by atoms with Gasteiger partial charge in [-0.05, 0) is 34.6 Å². The molecule has 0 atom stereocenters. The first-order chi connectivity index (χ1) is 9.08. The Labute approximate surface area is 116 Å². The standard InChI is InChI=1S/C12H20N4O4/c1-7(2)15-10(9(16(19)20)8(3)14-15)13-6-12(4,5)11(17)18/h7,13H,6H2,1-5H3,(H,17,18). The molecule has 1 aromatic heterocycles. The zero-order valence-electron chi connectivity index (χ0n) is 12.3. The van der Waals surface area contributed by atoms with Crippen LogP contribution in [0.3, 0.4) is 0 Å². The van der Waals surface area contributed by atoms with Crippen molar-refractivity contribution in [2.24, 2.45) is 5.41 Å². The summed E-state index contributed by atoms with van der Waals surface area (Å²) < 4.78 is 1.51. The molecule has 0 aliphatic rings. The molecule has 0 amide bonds. The maximum atomic E-state index is 11.1. The van der Waals surface area contributed by atoms with Crippen molar-refractivity contribution in [3.05, 3.63) is 15.8 Å². The minimum absolute atomic E-state index is 0.0705. The number of carbonyl (C=O) groups is 1. The number of carboxylic acids is 1. The van der Waals surface area contributed by atoms with Crippen LogP contribution in [0.4, 0.5) is 11.5 Å². The number of nitrogens with one attached hydrogen (secondary N) is 1. The van der Waals surface area contributed by atoms with Crippen LogP contribution < -0.4 is 5.32 Å². The predicted octanol–water partition coefficient (Wildman–Crippen LogP) is 2.20. The van der Waals surface area contributed by atoms with Gasteiger partial charge in [0.25, 0.3) is 0 Å². The van der Waals surface area contributed by atoms with Crippen molar-refractivity contribution in [2.45, 2.75) is 40.7 Å². The Balaban J connectivity index is 3.16. The van der Waals surface area contributed by atoms with Gasteiger partial charge in [-0.2, -0.15) is 5.10 Å². The monoisotopic (exact) mass is 284 g/mol. The van der Waals surface area contributed by atoms with E-state index in [0.29, 0.717) is 5.69 Å². The van der Waals surface area contributed by atoms with E-state index >= 15 is 0 Å². The van der Waals surface area contributed by atoms with E-state index in [9.17, 15) is 14.9 Å². The summed E-state index contributed by atoms with van der Waals surface area (Å²) in [5.41, 5.74) is -0.840. The summed E-state index contributed by atoms with van der Waals surface area (Å²) in [5, 5.41) is 27.2. The van der Waals surface area contributed by atoms with Crippen LogP contribution >= 0.6 is 0 Å². The zero-order valence-corrected chi connectivity index (χ0v) is 12.3. The highest BCUT2D eigenvalue weighted by atomic mass is 16.6. The van der Waals surface area contributed by atoms with Gasteiger partial charge in [0.15, 0.2) is 0 Å². The third-order valence-corrected chi connectivity index (χ3v) is 3.00. The molecule has 0 radical (unpaired) electrons. The van der Waals surface area contributed by atoms with Crippen LogP contribution in [0.15, 0.2) is 0 Å². The third-order valence-electron chi connectivity index (χ3n) is 3.00. The third kappa shape index (κ3) is 3.06. The van der Waals surface area contributed by atoms with Gasteiger partial charge in [-0.1, -0.05) is 0 Å². The molecule has 0 unspecified atom stereocenters. The van der Waals surface area contributed by atoms with E-state index in [1.807, 2.05) is 13.8 Å². The molecule has 0 aromatic carbocycles. The Morgan fingerprint density at radius 1 is 1.55 bits per heavy atom. The van der Waals surface area contributed by atoms with Gasteiger partial charge in [-0.3, -0.25) is 14.9 Å². The summed E-state index contributed by atoms with van der Waals surface area (Å²) >= 11 is 0. The van der Waals surface area contributed by atoms with Crippen LogP contribution in [0.1, 0.15) is 39.4 Å². The first-order valence-electron chi connectivity index (χ1n) is 6.28. The number of aliphatic carboxylic acids is 1. The van der Waals surface area contributed by atoms with E-state index in [2.05, 4.69) is 10.4 Å². The number of nitro groups is 1. The number of aryl methyl sites for hydroxylation is 1. The fourth-order valence-corrected chi connectivity index (χ4v) is 1.68. The number of rotatable bonds is 6. The molecule has 0 saturated heterocycles. The van der Waals surface area contributed by atoms with Crippen LogP contribution in [-0.4, -0.2) is 32.3 Å². The number of hydrogen-bond donors (Lipinski definition) is 2. The fraction of sp³-hybridized carbons (Fsp3) is 0.667. The lowest BCUT2D eigenvalue weighted by Gasteiger charge is -2.21. The van der Waals surface area contributed by atoms with Crippen molar-refractivity contribution < 1.29 is 14.8 Å². The Morgan fingerprint density at radius 2 is 2.10 bits per heavy atom. The lowest BCUT2D eigenvalue weighted by atomic mass is 9.94. The molecular weight excluding hydrogens is 264 g/mol. The summed E-state index contributed by atoms with van der Waals surface area (Å²) in [6, 6.07) is -0.0714. The van der Waals surface area contributed by atoms with Crippen LogP contribution in [0, 0.1) is 22.5 Å². The second kappa shape index (κ2) is 5.48. The Morgan fingerprint density at radius 3 is 2.50 bits per heavy atom. The number of nitrogens with zero attached hydrogens (tertiary/aromatic N) is 3. The van der Waals surface area contributed by atoms with Crippen LogP contribution in [-0.2, 0) is 4.79 Å². The number of anilines is 1. The normalized spacial score (nSPS) is 11.7. The molecule has 8 heteroatoms. The van der Waals surface area contributed by atoms with Gasteiger partial charge in [0.1, 0.15) is 5.69 Å². The lowest BCUT2D eigenvalue weighted by Crippen LogP contribution is -2.32. The highest BCUT2D eigenvalue weighted by Crippen LogP contribution is 2.31. The van der Waals surface area contributed by atoms with Gasteiger partial charge in [-0.15, -0.1) is 0 Å². The molecule has 0 fully saturated rings. The summed E-state index contributed by atoms with van der Waals surface area (Å²) in [5.74, 6) is -0.725. The summed E-state index contributed by atoms with van der Waals surface area (Å²) in [6.07, 6.45) is 0. The molecule has 1 rings (SSSR count). The Hall–Kier alpha value is -2.12. The highest BCUT2D eigenvalue weighted by molar-refractivity contribution is 5.74. The average Bonchev–Trinajstić information content (AvgIpc) is 2.63. The summed E-state index contributed by atoms with van der Waals surface area (Å²) in [6.45, 7) is 8.44. The van der Waals surface area contributed by atoms with Crippen molar-refractivity contribution in [1.29, 1.82) is 0 Å². The zero-order chi connectivity index (χ0) is 15.7. The lowest BCUT2D eigenvalue weighted by molar-refractivity contribution is -0.384. The molecule has 1 aromatic rings. The van der Waals surface area contributed by atoms with Gasteiger partial charge in [0, 0.05) is 12.6 Å². The van der Waals surface area contributed by atoms with E-state index in [-0.39, 0.29) is 24.1 Å². The SMILES string of the molecule is Cc1nn(C(C)C)c(NCC(C)(C)C(=O)O)c1[N+](=O)[O-]. The summed E-state index contributed by atoms with van der Waals surface area (Å²) in [4.78, 5) is 21.7. The van der Waals surface area contributed by atoms with Gasteiger partial charge < -0.3 is 10.4 Å². The second-order valence-corrected chi connectivity index (χ2v) is 5.62. The van der Waals surface area contributed by atoms with Crippen LogP contribution in [0.25, 0.3) is 0 Å². The van der Waals surface area contributed by atoms with Crippen molar-refractivity contribution in [2.75, 3.05) is 11.9 Å². The highest BCUT2D eigenvalue weighted by Gasteiger charge is 2.31. The molecule has 0 aliphatic carbocycles. The minimum Gasteiger partial charge on any atom is -0.481 e. The molecule has 20 heavy (non-hydrogen) atoms. The number of carboxylic acid groups (broad SMARTS) is 1. The minimum atomic E-state index is -1.03. The van der Waals surface area contributed by atoms with E-state index < -0.39 is 16.3 Å². The quantitative estimate of drug-likeness (QED) is 0.612. The largest absolute Gasteiger partial charge is 0.481 e. The van der Waals surface area contributed by atoms with Crippen molar-refractivity contribution in [1.82, 2.24) is 9.78 Å². The van der Waals surface area contributed by atoms with Crippen molar-refractivity contribution in [3.8, 4) is 0 Å². The molecule has 112 valence electrons. The topological polar surface area (TPSA) is 110 Å². The van der Waals surface area contributed by atoms with Crippen molar-refractivity contribution in [3.63, 3.8) is 0 Å². The molecule has 0 spiro atoms. The van der Waals surface area contributed by atoms with Crippen LogP contribution in [0.2, 0.25) is 0 Å². The van der Waals surface area contributed by atoms with E-state index in [1.54, 1.807) is 20.8 Å². The predicted molar refractivity (Wildman–Crippen MR) is 73.9 cm³/mol. The average molecular weight is 284 g/mol. The molecule has 2 N–H and O–H groups in total. The van der Waals surface area contributed by atoms with E-state index in [1.165, 1.54) is 4.68 Å². The fourth-order valence-electron chi connectivity index (χ4n) is 1.68. The first kappa shape index (κ1) is 15.9. The molecule has 0 bridgehead atoms. The molecule has 8 nitrogen and oxygen atoms in total. The smallest absolute Gasteiger partial charge is 0.333 e. The van der Waals surface area contributed by atoms with E-state index in [0.717, 1.165) is 0 Å². The Kier molecular flexibility index (Phi) is 4.36. The molecular formula is C12H20N4O4. The van der Waals surface area contributed by atoms with E-state index in [4.69, 9.17) is 5.11 Å². The van der Waals surface area contributed by atoms with Crippen LogP contribution in [0.5, 0.6) is 0 Å². The van der Waals surface area contributed by atoms with Gasteiger partial charge in [0.2, 0.25) is 5.82 Å². The van der Waals surface area contributed by atoms with Gasteiger partial charge in [-0.25, -0.2) is 4.68 Å². The van der Waals surface area contributed by atoms with Gasteiger partial charge >= 0.3 is 11.7 Å². The number of hydrogen-bond acceptors (Lipinski definition) is 5. The first-order valence-corrected chi connectivity index (χ1v) is 6.28. The molecule has 0 aliphatic heterocycles. The Bertz CT molecular complexity index is 534. The second-order valence-electron chi connectivity index (χ2n) is 5.62. The van der Waals surface area contributed by atoms with Crippen molar-refractivity contribution >= 4 is 17.5 Å². The number of aromatic nitrogens is 2. The van der Waals surface area contributed by atoms with Gasteiger partial charge in [0.05, 0.1) is 10.3 Å². The summed E-state index contributed by atoms with van der Waals surface area (Å²) in [7, 11) is 0. The molecule has 0 saturated carbocycles.